The Hall–Kier alpha value is -2.55. The molecule has 0 saturated heterocycles. The lowest BCUT2D eigenvalue weighted by Crippen LogP contribution is -2.14. The van der Waals surface area contributed by atoms with Crippen molar-refractivity contribution in [3.8, 4) is 11.4 Å². The van der Waals surface area contributed by atoms with E-state index in [-0.39, 0.29) is 31.0 Å². The van der Waals surface area contributed by atoms with Crippen molar-refractivity contribution < 1.29 is 31.2 Å². The zero-order valence-corrected chi connectivity index (χ0v) is 16.7. The average molecular weight is 443 g/mol. The lowest BCUT2D eigenvalue weighted by Gasteiger charge is -2.19. The van der Waals surface area contributed by atoms with E-state index in [1.54, 1.807) is 31.2 Å². The number of hydrogen-bond donors (Lipinski definition) is 1. The van der Waals surface area contributed by atoms with Gasteiger partial charge in [-0.1, -0.05) is 41.6 Å². The highest BCUT2D eigenvalue weighted by molar-refractivity contribution is 7.56. The van der Waals surface area contributed by atoms with Gasteiger partial charge in [-0.15, -0.1) is 0 Å². The number of alkyl halides is 3. The molecule has 0 aliphatic heterocycles. The summed E-state index contributed by atoms with van der Waals surface area (Å²) >= 11 is 0. The highest BCUT2D eigenvalue weighted by Crippen LogP contribution is 2.46. The molecule has 1 unspecified atom stereocenters. The van der Waals surface area contributed by atoms with Crippen molar-refractivity contribution in [1.29, 1.82) is 0 Å². The molecule has 3 aromatic rings. The van der Waals surface area contributed by atoms with Crippen LogP contribution in [0.1, 0.15) is 23.9 Å². The maximum Gasteiger partial charge on any atom is 0.471 e. The first-order valence-electron chi connectivity index (χ1n) is 8.92. The Labute approximate surface area is 169 Å². The number of aromatic nitrogens is 2. The minimum atomic E-state index is -4.72. The van der Waals surface area contributed by atoms with Crippen LogP contribution in [0.5, 0.6) is 0 Å². The highest BCUT2D eigenvalue weighted by Gasteiger charge is 2.38. The summed E-state index contributed by atoms with van der Waals surface area (Å²) in [6.07, 6.45) is -4.66. The minimum Gasteiger partial charge on any atom is -0.329 e. The molecule has 11 heteroatoms. The van der Waals surface area contributed by atoms with E-state index in [1.165, 1.54) is 24.3 Å². The summed E-state index contributed by atoms with van der Waals surface area (Å²) in [4.78, 5) is 3.33. The van der Waals surface area contributed by atoms with Gasteiger partial charge < -0.3 is 9.05 Å². The molecule has 0 aliphatic carbocycles. The van der Waals surface area contributed by atoms with Crippen LogP contribution in [-0.4, -0.2) is 16.7 Å². The molecule has 3 rings (SSSR count). The van der Waals surface area contributed by atoms with Crippen molar-refractivity contribution in [1.82, 2.24) is 15.2 Å². The van der Waals surface area contributed by atoms with Crippen molar-refractivity contribution >= 4 is 7.52 Å². The Bertz CT molecular complexity index is 1020. The van der Waals surface area contributed by atoms with Gasteiger partial charge in [0.25, 0.3) is 7.52 Å². The first-order valence-corrected chi connectivity index (χ1v) is 10.7. The summed E-state index contributed by atoms with van der Waals surface area (Å²) in [7, 11) is -3.27. The zero-order chi connectivity index (χ0) is 21.8. The third-order valence-electron chi connectivity index (χ3n) is 4.05. The number of hydrogen-bond acceptors (Lipinski definition) is 5. The molecular weight excluding hydrogens is 425 g/mol. The Morgan fingerprint density at radius 2 is 1.70 bits per heavy atom. The Morgan fingerprint density at radius 3 is 2.27 bits per heavy atom. The van der Waals surface area contributed by atoms with E-state index in [9.17, 15) is 22.1 Å². The molecule has 0 spiro atoms. The largest absolute Gasteiger partial charge is 0.471 e. The van der Waals surface area contributed by atoms with Crippen molar-refractivity contribution in [2.45, 2.75) is 25.8 Å². The molecule has 30 heavy (non-hydrogen) atoms. The zero-order valence-electron chi connectivity index (χ0n) is 15.8. The van der Waals surface area contributed by atoms with Crippen LogP contribution < -0.4 is 5.09 Å². The maximum absolute atomic E-state index is 13.1. The van der Waals surface area contributed by atoms with E-state index in [0.29, 0.717) is 11.1 Å². The fourth-order valence-electron chi connectivity index (χ4n) is 2.63. The van der Waals surface area contributed by atoms with Gasteiger partial charge in [-0.05, 0) is 30.2 Å². The van der Waals surface area contributed by atoms with Gasteiger partial charge in [-0.3, -0.25) is 4.57 Å². The van der Waals surface area contributed by atoms with Crippen molar-refractivity contribution in [2.75, 3.05) is 6.61 Å². The van der Waals surface area contributed by atoms with Crippen LogP contribution in [0.4, 0.5) is 17.6 Å². The average Bonchev–Trinajstić information content (AvgIpc) is 3.19. The van der Waals surface area contributed by atoms with Gasteiger partial charge in [0.05, 0.1) is 12.8 Å². The molecule has 1 aromatic heterocycles. The fourth-order valence-corrected chi connectivity index (χ4v) is 4.45. The van der Waals surface area contributed by atoms with Crippen LogP contribution in [0.2, 0.25) is 0 Å². The van der Waals surface area contributed by atoms with Crippen LogP contribution in [0, 0.1) is 5.82 Å². The molecular formula is C19H18F4N3O3P. The smallest absolute Gasteiger partial charge is 0.329 e. The van der Waals surface area contributed by atoms with E-state index in [2.05, 4.69) is 19.8 Å². The van der Waals surface area contributed by atoms with Gasteiger partial charge in [-0.25, -0.2) is 9.48 Å². The quantitative estimate of drug-likeness (QED) is 0.370. The number of rotatable bonds is 8. The van der Waals surface area contributed by atoms with Crippen LogP contribution in [0.15, 0.2) is 53.1 Å². The molecule has 2 aromatic carbocycles. The summed E-state index contributed by atoms with van der Waals surface area (Å²) < 4.78 is 73.6. The maximum atomic E-state index is 13.1. The van der Waals surface area contributed by atoms with Crippen molar-refractivity contribution in [3.63, 3.8) is 0 Å². The van der Waals surface area contributed by atoms with E-state index >= 15 is 0 Å². The second kappa shape index (κ2) is 9.07. The van der Waals surface area contributed by atoms with E-state index in [4.69, 9.17) is 4.52 Å². The predicted molar refractivity (Wildman–Crippen MR) is 101 cm³/mol. The second-order valence-electron chi connectivity index (χ2n) is 6.33. The van der Waals surface area contributed by atoms with E-state index < -0.39 is 19.6 Å². The Balaban J connectivity index is 1.70. The first-order chi connectivity index (χ1) is 14.2. The van der Waals surface area contributed by atoms with Crippen molar-refractivity contribution in [2.24, 2.45) is 0 Å². The molecule has 6 nitrogen and oxygen atoms in total. The van der Waals surface area contributed by atoms with Gasteiger partial charge in [0.15, 0.2) is 0 Å². The van der Waals surface area contributed by atoms with Crippen LogP contribution >= 0.6 is 7.52 Å². The van der Waals surface area contributed by atoms with E-state index in [1.807, 2.05) is 0 Å². The molecule has 0 amide bonds. The summed E-state index contributed by atoms with van der Waals surface area (Å²) in [6, 6.07) is 12.0. The fraction of sp³-hybridized carbons (Fsp3) is 0.263. The Morgan fingerprint density at radius 1 is 1.07 bits per heavy atom. The molecule has 0 bridgehead atoms. The highest BCUT2D eigenvalue weighted by atomic mass is 31.2. The number of nitrogens with zero attached hydrogens (tertiary/aromatic N) is 2. The third-order valence-corrected chi connectivity index (χ3v) is 6.14. The molecule has 0 radical (unpaired) electrons. The van der Waals surface area contributed by atoms with Crippen LogP contribution in [-0.2, 0) is 28.0 Å². The van der Waals surface area contributed by atoms with Gasteiger partial charge in [0.2, 0.25) is 5.82 Å². The normalized spacial score (nSPS) is 13.9. The molecule has 0 fully saturated rings. The molecule has 160 valence electrons. The molecule has 0 saturated carbocycles. The first kappa shape index (κ1) is 22.1. The lowest BCUT2D eigenvalue weighted by molar-refractivity contribution is -0.159. The molecule has 0 aliphatic rings. The number of halogens is 4. The summed E-state index contributed by atoms with van der Waals surface area (Å²) in [5.41, 5.74) is 1.70. The summed E-state index contributed by atoms with van der Waals surface area (Å²) in [5.74, 6) is -1.99. The monoisotopic (exact) mass is 443 g/mol. The molecule has 1 atom stereocenters. The lowest BCUT2D eigenvalue weighted by atomic mass is 10.1. The van der Waals surface area contributed by atoms with Crippen LogP contribution in [0.3, 0.4) is 0 Å². The standard InChI is InChI=1S/C19H18F4N3O3P/c1-2-28-30(27,24-11-13-5-9-16(20)10-6-13)12-14-3-7-15(8-4-14)17-25-18(29-26-17)19(21,22)23/h3-10H,2,11-12H2,1H3,(H,24,27). The van der Waals surface area contributed by atoms with Gasteiger partial charge in [-0.2, -0.15) is 18.2 Å². The third kappa shape index (κ3) is 5.75. The number of benzene rings is 2. The molecule has 1 heterocycles. The van der Waals surface area contributed by atoms with Crippen LogP contribution in [0.25, 0.3) is 11.4 Å². The minimum absolute atomic E-state index is 0.0579. The molecule has 1 N–H and O–H groups in total. The van der Waals surface area contributed by atoms with Gasteiger partial charge in [0, 0.05) is 12.1 Å². The summed E-state index contributed by atoms with van der Waals surface area (Å²) in [5, 5.41) is 6.22. The van der Waals surface area contributed by atoms with Gasteiger partial charge >= 0.3 is 12.1 Å². The van der Waals surface area contributed by atoms with E-state index in [0.717, 1.165) is 5.56 Å². The SMILES string of the molecule is CCOP(=O)(Cc1ccc(-c2noc(C(F)(F)F)n2)cc1)NCc1ccc(F)cc1. The van der Waals surface area contributed by atoms with Crippen molar-refractivity contribution in [3.05, 3.63) is 71.4 Å². The topological polar surface area (TPSA) is 77.2 Å². The predicted octanol–water partition coefficient (Wildman–Crippen LogP) is 5.41. The Kier molecular flexibility index (Phi) is 6.70. The number of nitrogens with one attached hydrogen (secondary N) is 1. The van der Waals surface area contributed by atoms with Gasteiger partial charge in [0.1, 0.15) is 5.82 Å². The second-order valence-corrected chi connectivity index (χ2v) is 8.57. The summed E-state index contributed by atoms with van der Waals surface area (Å²) in [6.45, 7) is 2.15.